The SMILES string of the molecule is Cc1ccc2cccnc2c1-n1c(-c2ccccc2F)cc2ccccc2c1=O. The number of fused-ring (bicyclic) bond motifs is 2. The Morgan fingerprint density at radius 2 is 1.62 bits per heavy atom. The van der Waals surface area contributed by atoms with Crippen LogP contribution in [0, 0.1) is 12.7 Å². The monoisotopic (exact) mass is 380 g/mol. The molecule has 3 nitrogen and oxygen atoms in total. The first-order valence-electron chi connectivity index (χ1n) is 9.39. The molecule has 0 saturated heterocycles. The minimum Gasteiger partial charge on any atom is -0.274 e. The number of benzene rings is 3. The third-order valence-electron chi connectivity index (χ3n) is 5.25. The Morgan fingerprint density at radius 3 is 2.48 bits per heavy atom. The lowest BCUT2D eigenvalue weighted by molar-refractivity contribution is 0.630. The van der Waals surface area contributed by atoms with E-state index >= 15 is 0 Å². The van der Waals surface area contributed by atoms with Crippen LogP contribution in [0.25, 0.3) is 38.6 Å². The highest BCUT2D eigenvalue weighted by Crippen LogP contribution is 2.31. The van der Waals surface area contributed by atoms with Crippen molar-refractivity contribution in [2.45, 2.75) is 6.92 Å². The Morgan fingerprint density at radius 1 is 0.862 bits per heavy atom. The molecule has 0 unspecified atom stereocenters. The molecule has 0 bridgehead atoms. The van der Waals surface area contributed by atoms with E-state index in [9.17, 15) is 9.18 Å². The Bertz CT molecular complexity index is 1450. The maximum atomic E-state index is 14.8. The fourth-order valence-electron chi connectivity index (χ4n) is 3.86. The molecule has 0 N–H and O–H groups in total. The van der Waals surface area contributed by atoms with Gasteiger partial charge in [0.1, 0.15) is 5.82 Å². The molecule has 0 spiro atoms. The number of pyridine rings is 2. The molecule has 0 aliphatic rings. The summed E-state index contributed by atoms with van der Waals surface area (Å²) in [5, 5.41) is 2.28. The average Bonchev–Trinajstić information content (AvgIpc) is 2.75. The lowest BCUT2D eigenvalue weighted by Crippen LogP contribution is -2.22. The summed E-state index contributed by atoms with van der Waals surface area (Å²) in [5.41, 5.74) is 2.98. The van der Waals surface area contributed by atoms with Crippen molar-refractivity contribution in [2.24, 2.45) is 0 Å². The second-order valence-electron chi connectivity index (χ2n) is 7.04. The fraction of sp³-hybridized carbons (Fsp3) is 0.0400. The maximum absolute atomic E-state index is 14.8. The molecule has 5 rings (SSSR count). The number of aromatic nitrogens is 2. The molecule has 0 atom stereocenters. The van der Waals surface area contributed by atoms with Gasteiger partial charge in [0.25, 0.3) is 5.56 Å². The van der Waals surface area contributed by atoms with E-state index < -0.39 is 0 Å². The van der Waals surface area contributed by atoms with Crippen molar-refractivity contribution in [1.29, 1.82) is 0 Å². The smallest absolute Gasteiger partial charge is 0.263 e. The van der Waals surface area contributed by atoms with Crippen LogP contribution in [0.3, 0.4) is 0 Å². The number of hydrogen-bond acceptors (Lipinski definition) is 2. The summed E-state index contributed by atoms with van der Waals surface area (Å²) in [6.45, 7) is 1.94. The zero-order chi connectivity index (χ0) is 20.0. The fourth-order valence-corrected chi connectivity index (χ4v) is 3.86. The summed E-state index contributed by atoms with van der Waals surface area (Å²) < 4.78 is 16.4. The van der Waals surface area contributed by atoms with Gasteiger partial charge in [0.15, 0.2) is 0 Å². The van der Waals surface area contributed by atoms with Gasteiger partial charge in [-0.1, -0.05) is 48.5 Å². The van der Waals surface area contributed by atoms with Gasteiger partial charge < -0.3 is 0 Å². The highest BCUT2D eigenvalue weighted by molar-refractivity contribution is 5.91. The van der Waals surface area contributed by atoms with Crippen LogP contribution in [0.5, 0.6) is 0 Å². The Hall–Kier alpha value is -3.79. The topological polar surface area (TPSA) is 34.9 Å². The second kappa shape index (κ2) is 6.67. The van der Waals surface area contributed by atoms with Crippen molar-refractivity contribution in [2.75, 3.05) is 0 Å². The van der Waals surface area contributed by atoms with E-state index in [1.807, 2.05) is 55.5 Å². The van der Waals surface area contributed by atoms with Gasteiger partial charge in [0.2, 0.25) is 0 Å². The van der Waals surface area contributed by atoms with E-state index in [-0.39, 0.29) is 11.4 Å². The Kier molecular flexibility index (Phi) is 3.98. The van der Waals surface area contributed by atoms with E-state index in [0.717, 1.165) is 16.3 Å². The van der Waals surface area contributed by atoms with Gasteiger partial charge in [0, 0.05) is 22.5 Å². The minimum atomic E-state index is -0.373. The predicted molar refractivity (Wildman–Crippen MR) is 115 cm³/mol. The van der Waals surface area contributed by atoms with Crippen LogP contribution in [-0.2, 0) is 0 Å². The first kappa shape index (κ1) is 17.3. The average molecular weight is 380 g/mol. The Balaban J connectivity index is 2.01. The van der Waals surface area contributed by atoms with Crippen LogP contribution < -0.4 is 5.56 Å². The van der Waals surface area contributed by atoms with Gasteiger partial charge in [0.05, 0.1) is 16.9 Å². The number of halogens is 1. The van der Waals surface area contributed by atoms with Crippen LogP contribution in [0.2, 0.25) is 0 Å². The van der Waals surface area contributed by atoms with Crippen LogP contribution in [-0.4, -0.2) is 9.55 Å². The molecule has 2 aromatic heterocycles. The summed E-state index contributed by atoms with van der Waals surface area (Å²) in [6.07, 6.45) is 1.71. The quantitative estimate of drug-likeness (QED) is 0.396. The number of rotatable bonds is 2. The van der Waals surface area contributed by atoms with Crippen LogP contribution in [0.1, 0.15) is 5.56 Å². The lowest BCUT2D eigenvalue weighted by atomic mass is 10.0. The van der Waals surface area contributed by atoms with E-state index in [4.69, 9.17) is 0 Å². The molecule has 0 aliphatic carbocycles. The van der Waals surface area contributed by atoms with Crippen molar-refractivity contribution < 1.29 is 4.39 Å². The second-order valence-corrected chi connectivity index (χ2v) is 7.04. The third kappa shape index (κ3) is 2.72. The standard InChI is InChI=1S/C25H17FN2O/c1-16-12-13-17-8-6-14-27-23(17)24(16)28-22(20-10-4-5-11-21(20)26)15-18-7-2-3-9-19(18)25(28)29/h2-15H,1H3. The lowest BCUT2D eigenvalue weighted by Gasteiger charge is -2.18. The largest absolute Gasteiger partial charge is 0.274 e. The number of aryl methyl sites for hydroxylation is 1. The number of nitrogens with zero attached hydrogens (tertiary/aromatic N) is 2. The molecule has 0 amide bonds. The molecular formula is C25H17FN2O. The number of hydrogen-bond donors (Lipinski definition) is 0. The zero-order valence-electron chi connectivity index (χ0n) is 15.8. The van der Waals surface area contributed by atoms with Gasteiger partial charge in [-0.25, -0.2) is 4.39 Å². The molecule has 5 aromatic rings. The van der Waals surface area contributed by atoms with E-state index in [0.29, 0.717) is 27.8 Å². The molecule has 29 heavy (non-hydrogen) atoms. The van der Waals surface area contributed by atoms with Crippen LogP contribution in [0.15, 0.2) is 89.9 Å². The normalized spacial score (nSPS) is 11.2. The molecular weight excluding hydrogens is 363 g/mol. The highest BCUT2D eigenvalue weighted by atomic mass is 19.1. The first-order chi connectivity index (χ1) is 14.1. The summed E-state index contributed by atoms with van der Waals surface area (Å²) in [5.74, 6) is -0.373. The van der Waals surface area contributed by atoms with Crippen molar-refractivity contribution in [3.05, 3.63) is 107 Å². The van der Waals surface area contributed by atoms with Crippen molar-refractivity contribution >= 4 is 21.7 Å². The van der Waals surface area contributed by atoms with Crippen molar-refractivity contribution in [1.82, 2.24) is 9.55 Å². The van der Waals surface area contributed by atoms with E-state index in [1.54, 1.807) is 35.0 Å². The molecule has 0 fully saturated rings. The molecule has 2 heterocycles. The van der Waals surface area contributed by atoms with Gasteiger partial charge in [-0.15, -0.1) is 0 Å². The van der Waals surface area contributed by atoms with E-state index in [1.165, 1.54) is 6.07 Å². The molecule has 4 heteroatoms. The van der Waals surface area contributed by atoms with Gasteiger partial charge in [-0.3, -0.25) is 14.3 Å². The zero-order valence-corrected chi connectivity index (χ0v) is 15.8. The highest BCUT2D eigenvalue weighted by Gasteiger charge is 2.18. The van der Waals surface area contributed by atoms with E-state index in [2.05, 4.69) is 4.98 Å². The van der Waals surface area contributed by atoms with Crippen molar-refractivity contribution in [3.8, 4) is 16.9 Å². The Labute approximate surface area is 166 Å². The molecule has 0 aliphatic heterocycles. The molecule has 0 saturated carbocycles. The van der Waals surface area contributed by atoms with Gasteiger partial charge in [-0.2, -0.15) is 0 Å². The maximum Gasteiger partial charge on any atom is 0.263 e. The molecule has 0 radical (unpaired) electrons. The first-order valence-corrected chi connectivity index (χ1v) is 9.39. The van der Waals surface area contributed by atoms with Crippen LogP contribution in [0.4, 0.5) is 4.39 Å². The summed E-state index contributed by atoms with van der Waals surface area (Å²) >= 11 is 0. The minimum absolute atomic E-state index is 0.192. The summed E-state index contributed by atoms with van der Waals surface area (Å²) in [6, 6.07) is 23.6. The molecule has 3 aromatic carbocycles. The predicted octanol–water partition coefficient (Wildman–Crippen LogP) is 5.65. The van der Waals surface area contributed by atoms with Crippen LogP contribution >= 0.6 is 0 Å². The van der Waals surface area contributed by atoms with Gasteiger partial charge in [-0.05, 0) is 48.2 Å². The third-order valence-corrected chi connectivity index (χ3v) is 5.25. The summed E-state index contributed by atoms with van der Waals surface area (Å²) in [4.78, 5) is 18.2. The van der Waals surface area contributed by atoms with Gasteiger partial charge >= 0.3 is 0 Å². The summed E-state index contributed by atoms with van der Waals surface area (Å²) in [7, 11) is 0. The molecule has 140 valence electrons. The van der Waals surface area contributed by atoms with Crippen molar-refractivity contribution in [3.63, 3.8) is 0 Å².